The highest BCUT2D eigenvalue weighted by Crippen LogP contribution is 1.84. The van der Waals surface area contributed by atoms with E-state index >= 15 is 0 Å². The van der Waals surface area contributed by atoms with Crippen LogP contribution in [0.1, 0.15) is 20.3 Å². The normalized spacial score (nSPS) is 6.88. The molecular formula is C12H20O4. The summed E-state index contributed by atoms with van der Waals surface area (Å²) in [5, 5.41) is 0. The number of hydrogen-bond acceptors (Lipinski definition) is 4. The highest BCUT2D eigenvalue weighted by Gasteiger charge is 1.93. The SMILES string of the molecule is C=C.C=CCC(=O)OCC.C=COC(C)=O. The van der Waals surface area contributed by atoms with Crippen LogP contribution >= 0.6 is 0 Å². The molecule has 0 aliphatic carbocycles. The molecule has 0 heterocycles. The summed E-state index contributed by atoms with van der Waals surface area (Å²) >= 11 is 0. The number of rotatable bonds is 4. The topological polar surface area (TPSA) is 52.6 Å². The van der Waals surface area contributed by atoms with Crippen LogP contribution in [0.4, 0.5) is 0 Å². The van der Waals surface area contributed by atoms with Crippen molar-refractivity contribution in [2.24, 2.45) is 0 Å². The van der Waals surface area contributed by atoms with Crippen molar-refractivity contribution in [3.8, 4) is 0 Å². The van der Waals surface area contributed by atoms with Crippen molar-refractivity contribution in [1.82, 2.24) is 0 Å². The fourth-order valence-corrected chi connectivity index (χ4v) is 0.455. The molecule has 0 amide bonds. The third-order valence-corrected chi connectivity index (χ3v) is 0.866. The summed E-state index contributed by atoms with van der Waals surface area (Å²) in [5.41, 5.74) is 0. The molecule has 92 valence electrons. The summed E-state index contributed by atoms with van der Waals surface area (Å²) < 4.78 is 8.74. The number of hydrogen-bond donors (Lipinski definition) is 0. The van der Waals surface area contributed by atoms with Gasteiger partial charge in [0.25, 0.3) is 0 Å². The zero-order valence-electron chi connectivity index (χ0n) is 10.0. The van der Waals surface area contributed by atoms with Crippen molar-refractivity contribution in [3.63, 3.8) is 0 Å². The van der Waals surface area contributed by atoms with E-state index in [-0.39, 0.29) is 11.9 Å². The highest BCUT2D eigenvalue weighted by atomic mass is 16.5. The molecular weight excluding hydrogens is 208 g/mol. The van der Waals surface area contributed by atoms with Gasteiger partial charge in [0.15, 0.2) is 0 Å². The van der Waals surface area contributed by atoms with Gasteiger partial charge in [0.1, 0.15) is 0 Å². The molecule has 0 spiro atoms. The van der Waals surface area contributed by atoms with Gasteiger partial charge < -0.3 is 9.47 Å². The number of carbonyl (C=O) groups is 2. The summed E-state index contributed by atoms with van der Waals surface area (Å²) in [6.45, 7) is 16.1. The van der Waals surface area contributed by atoms with Gasteiger partial charge in [-0.05, 0) is 6.92 Å². The van der Waals surface area contributed by atoms with Crippen LogP contribution in [-0.2, 0) is 19.1 Å². The Morgan fingerprint density at radius 3 is 1.94 bits per heavy atom. The lowest BCUT2D eigenvalue weighted by atomic mass is 10.4. The Kier molecular flexibility index (Phi) is 23.2. The lowest BCUT2D eigenvalue weighted by Gasteiger charge is -1.94. The Balaban J connectivity index is -0.000000188. The molecule has 0 aromatic carbocycles. The van der Waals surface area contributed by atoms with Crippen molar-refractivity contribution in [3.05, 3.63) is 38.7 Å². The van der Waals surface area contributed by atoms with Crippen LogP contribution in [0.2, 0.25) is 0 Å². The minimum Gasteiger partial charge on any atom is -0.466 e. The summed E-state index contributed by atoms with van der Waals surface area (Å²) in [6.07, 6.45) is 2.94. The van der Waals surface area contributed by atoms with Gasteiger partial charge in [-0.1, -0.05) is 12.7 Å². The van der Waals surface area contributed by atoms with Crippen LogP contribution in [0.5, 0.6) is 0 Å². The maximum Gasteiger partial charge on any atom is 0.309 e. The first-order valence-corrected chi connectivity index (χ1v) is 4.63. The fourth-order valence-electron chi connectivity index (χ4n) is 0.455. The molecule has 4 heteroatoms. The van der Waals surface area contributed by atoms with Gasteiger partial charge in [-0.15, -0.1) is 19.7 Å². The number of ether oxygens (including phenoxy) is 2. The summed E-state index contributed by atoms with van der Waals surface area (Å²) in [7, 11) is 0. The van der Waals surface area contributed by atoms with Gasteiger partial charge in [-0.25, -0.2) is 0 Å². The standard InChI is InChI=1S/C6H10O2.C4H6O2.C2H4/c1-3-5-6(7)8-4-2;1-3-6-4(2)5;1-2/h3H,1,4-5H2,2H3;3H,1H2,2H3;1-2H2. The Morgan fingerprint density at radius 1 is 1.25 bits per heavy atom. The monoisotopic (exact) mass is 228 g/mol. The molecule has 0 bridgehead atoms. The van der Waals surface area contributed by atoms with Crippen LogP contribution in [0.3, 0.4) is 0 Å². The number of esters is 2. The van der Waals surface area contributed by atoms with Crippen molar-refractivity contribution in [1.29, 1.82) is 0 Å². The van der Waals surface area contributed by atoms with Gasteiger partial charge in [-0.2, -0.15) is 0 Å². The van der Waals surface area contributed by atoms with Gasteiger partial charge in [0.2, 0.25) is 0 Å². The minimum atomic E-state index is -0.329. The van der Waals surface area contributed by atoms with Crippen LogP contribution in [0.25, 0.3) is 0 Å². The Hall–Kier alpha value is -1.84. The van der Waals surface area contributed by atoms with E-state index in [2.05, 4.69) is 35.8 Å². The molecule has 0 aromatic heterocycles. The lowest BCUT2D eigenvalue weighted by Crippen LogP contribution is -2.00. The van der Waals surface area contributed by atoms with Gasteiger partial charge >= 0.3 is 11.9 Å². The lowest BCUT2D eigenvalue weighted by molar-refractivity contribution is -0.142. The Morgan fingerprint density at radius 2 is 1.75 bits per heavy atom. The predicted molar refractivity (Wildman–Crippen MR) is 64.7 cm³/mol. The predicted octanol–water partition coefficient (Wildman–Crippen LogP) is 2.62. The third kappa shape index (κ3) is 29.5. The molecule has 0 aliphatic rings. The van der Waals surface area contributed by atoms with Crippen molar-refractivity contribution >= 4 is 11.9 Å². The molecule has 0 saturated carbocycles. The van der Waals surface area contributed by atoms with E-state index in [0.29, 0.717) is 13.0 Å². The number of carbonyl (C=O) groups excluding carboxylic acids is 2. The first-order chi connectivity index (χ1) is 7.58. The quantitative estimate of drug-likeness (QED) is 0.421. The Bertz CT molecular complexity index is 209. The molecule has 4 nitrogen and oxygen atoms in total. The van der Waals surface area contributed by atoms with Crippen LogP contribution in [0.15, 0.2) is 38.7 Å². The van der Waals surface area contributed by atoms with Crippen molar-refractivity contribution in [2.45, 2.75) is 20.3 Å². The van der Waals surface area contributed by atoms with Crippen LogP contribution < -0.4 is 0 Å². The summed E-state index contributed by atoms with van der Waals surface area (Å²) in [4.78, 5) is 20.1. The third-order valence-electron chi connectivity index (χ3n) is 0.866. The maximum atomic E-state index is 10.3. The molecule has 0 aromatic rings. The molecule has 0 saturated heterocycles. The van der Waals surface area contributed by atoms with Crippen LogP contribution in [0, 0.1) is 0 Å². The first-order valence-electron chi connectivity index (χ1n) is 4.63. The smallest absolute Gasteiger partial charge is 0.309 e. The molecule has 0 aliphatic heterocycles. The second-order valence-electron chi connectivity index (χ2n) is 2.07. The molecule has 0 fully saturated rings. The fraction of sp³-hybridized carbons (Fsp3) is 0.333. The van der Waals surface area contributed by atoms with E-state index < -0.39 is 0 Å². The largest absolute Gasteiger partial charge is 0.466 e. The average Bonchev–Trinajstić information content (AvgIpc) is 2.22. The van der Waals surface area contributed by atoms with Gasteiger partial charge in [0, 0.05) is 6.92 Å². The van der Waals surface area contributed by atoms with E-state index in [1.807, 2.05) is 0 Å². The van der Waals surface area contributed by atoms with Crippen LogP contribution in [-0.4, -0.2) is 18.5 Å². The average molecular weight is 228 g/mol. The molecule has 0 N–H and O–H groups in total. The van der Waals surface area contributed by atoms with E-state index in [1.165, 1.54) is 13.0 Å². The maximum absolute atomic E-state index is 10.3. The van der Waals surface area contributed by atoms with E-state index in [0.717, 1.165) is 6.26 Å². The summed E-state index contributed by atoms with van der Waals surface area (Å²) in [5.74, 6) is -0.535. The molecule has 0 radical (unpaired) electrons. The van der Waals surface area contributed by atoms with Crippen molar-refractivity contribution in [2.75, 3.05) is 6.61 Å². The molecule has 16 heavy (non-hydrogen) atoms. The van der Waals surface area contributed by atoms with E-state index in [1.54, 1.807) is 6.92 Å². The second-order valence-corrected chi connectivity index (χ2v) is 2.07. The van der Waals surface area contributed by atoms with E-state index in [4.69, 9.17) is 0 Å². The molecule has 0 atom stereocenters. The highest BCUT2D eigenvalue weighted by molar-refractivity contribution is 5.70. The summed E-state index contributed by atoms with van der Waals surface area (Å²) in [6, 6.07) is 0. The second kappa shape index (κ2) is 18.9. The zero-order chi connectivity index (χ0) is 13.4. The van der Waals surface area contributed by atoms with Gasteiger partial charge in [0.05, 0.1) is 19.3 Å². The Labute approximate surface area is 97.2 Å². The van der Waals surface area contributed by atoms with Crippen molar-refractivity contribution < 1.29 is 19.1 Å². The first kappa shape index (κ1) is 19.7. The van der Waals surface area contributed by atoms with E-state index in [9.17, 15) is 9.59 Å². The molecule has 0 unspecified atom stereocenters. The zero-order valence-corrected chi connectivity index (χ0v) is 10.0. The minimum absolute atomic E-state index is 0.206. The molecule has 0 rings (SSSR count). The van der Waals surface area contributed by atoms with Gasteiger partial charge in [-0.3, -0.25) is 9.59 Å².